The Kier molecular flexibility index (Phi) is 6.86. The molecular formula is C27H32N4O. The van der Waals surface area contributed by atoms with E-state index < -0.39 is 0 Å². The van der Waals surface area contributed by atoms with Crippen LogP contribution in [0.5, 0.6) is 0 Å². The summed E-state index contributed by atoms with van der Waals surface area (Å²) < 4.78 is 0. The first-order chi connectivity index (χ1) is 15.6. The van der Waals surface area contributed by atoms with Crippen LogP contribution in [0, 0.1) is 11.8 Å². The number of hydrogen-bond acceptors (Lipinski definition) is 4. The monoisotopic (exact) mass is 428 g/mol. The molecule has 3 aromatic rings. The summed E-state index contributed by atoms with van der Waals surface area (Å²) in [5.41, 5.74) is 22.6. The maximum atomic E-state index is 11.7. The largest absolute Gasteiger partial charge is 0.384 e. The lowest BCUT2D eigenvalue weighted by Crippen LogP contribution is -2.33. The van der Waals surface area contributed by atoms with Gasteiger partial charge in [-0.05, 0) is 67.0 Å². The summed E-state index contributed by atoms with van der Waals surface area (Å²) in [7, 11) is 0. The molecular weight excluding hydrogens is 396 g/mol. The van der Waals surface area contributed by atoms with Crippen LogP contribution in [0.3, 0.4) is 0 Å². The predicted octanol–water partition coefficient (Wildman–Crippen LogP) is 4.45. The number of nitrogen functional groups attached to an aromatic ring is 1. The molecule has 0 aliphatic heterocycles. The third-order valence-electron chi connectivity index (χ3n) is 6.91. The van der Waals surface area contributed by atoms with Crippen LogP contribution < -0.4 is 17.2 Å². The zero-order chi connectivity index (χ0) is 22.5. The summed E-state index contributed by atoms with van der Waals surface area (Å²) in [6, 6.07) is 24.8. The van der Waals surface area contributed by atoms with E-state index in [1.165, 1.54) is 5.56 Å². The van der Waals surface area contributed by atoms with Gasteiger partial charge in [0.15, 0.2) is 0 Å². The number of primary amides is 1. The average Bonchev–Trinajstić information content (AvgIpc) is 2.83. The fourth-order valence-corrected chi connectivity index (χ4v) is 5.27. The molecule has 0 saturated heterocycles. The molecule has 1 saturated carbocycles. The molecule has 2 atom stereocenters. The van der Waals surface area contributed by atoms with Crippen molar-refractivity contribution in [2.75, 3.05) is 12.3 Å². The third kappa shape index (κ3) is 4.83. The van der Waals surface area contributed by atoms with Gasteiger partial charge >= 0.3 is 0 Å². The second-order valence-electron chi connectivity index (χ2n) is 8.86. The zero-order valence-electron chi connectivity index (χ0n) is 18.4. The van der Waals surface area contributed by atoms with Gasteiger partial charge in [-0.1, -0.05) is 60.7 Å². The lowest BCUT2D eigenvalue weighted by atomic mass is 9.68. The van der Waals surface area contributed by atoms with Gasteiger partial charge in [-0.25, -0.2) is 4.98 Å². The summed E-state index contributed by atoms with van der Waals surface area (Å²) in [6.45, 7) is 0.515. The highest BCUT2D eigenvalue weighted by molar-refractivity contribution is 5.76. The van der Waals surface area contributed by atoms with Gasteiger partial charge in [0.25, 0.3) is 0 Å². The first kappa shape index (κ1) is 22.0. The Balaban J connectivity index is 1.76. The van der Waals surface area contributed by atoms with Crippen molar-refractivity contribution in [1.29, 1.82) is 0 Å². The summed E-state index contributed by atoms with van der Waals surface area (Å²) in [5, 5.41) is 0. The fourth-order valence-electron chi connectivity index (χ4n) is 5.27. The van der Waals surface area contributed by atoms with Gasteiger partial charge in [0, 0.05) is 23.4 Å². The van der Waals surface area contributed by atoms with Crippen molar-refractivity contribution in [2.24, 2.45) is 23.3 Å². The number of benzene rings is 2. The van der Waals surface area contributed by atoms with Crippen LogP contribution in [-0.2, 0) is 4.79 Å². The molecule has 6 N–H and O–H groups in total. The van der Waals surface area contributed by atoms with Crippen molar-refractivity contribution in [3.05, 3.63) is 84.1 Å². The number of hydrogen-bond donors (Lipinski definition) is 3. The molecule has 0 bridgehead atoms. The Hall–Kier alpha value is -3.18. The standard InChI is InChI=1S/C27H32N4O/c28-17-23(19-9-5-2-6-10-19)26(20-11-13-21(14-12-20)27(30)32)24-15-22(16-25(29)31-24)18-7-3-1-4-8-18/h1-10,15-16,20-21,23,26H,11-14,17,28H2,(H2,29,31)(H2,30,32). The molecule has 166 valence electrons. The first-order valence-corrected chi connectivity index (χ1v) is 11.4. The third-order valence-corrected chi connectivity index (χ3v) is 6.91. The topological polar surface area (TPSA) is 108 Å². The number of nitrogens with zero attached hydrogens (tertiary/aromatic N) is 1. The predicted molar refractivity (Wildman–Crippen MR) is 130 cm³/mol. The minimum absolute atomic E-state index is 0.0337. The normalized spacial score (nSPS) is 20.4. The SMILES string of the molecule is NCC(c1ccccc1)C(c1cc(-c2ccccc2)cc(N)n1)C1CCC(C(N)=O)CC1. The van der Waals surface area contributed by atoms with E-state index in [4.69, 9.17) is 22.2 Å². The van der Waals surface area contributed by atoms with Crippen LogP contribution in [-0.4, -0.2) is 17.4 Å². The zero-order valence-corrected chi connectivity index (χ0v) is 18.4. The fraction of sp³-hybridized carbons (Fsp3) is 0.333. The van der Waals surface area contributed by atoms with E-state index in [9.17, 15) is 4.79 Å². The average molecular weight is 429 g/mol. The van der Waals surface area contributed by atoms with Gasteiger partial charge in [0.1, 0.15) is 5.82 Å². The molecule has 1 heterocycles. The molecule has 0 spiro atoms. The van der Waals surface area contributed by atoms with Crippen LogP contribution in [0.25, 0.3) is 11.1 Å². The van der Waals surface area contributed by atoms with E-state index >= 15 is 0 Å². The molecule has 1 fully saturated rings. The van der Waals surface area contributed by atoms with Crippen molar-refractivity contribution < 1.29 is 4.79 Å². The van der Waals surface area contributed by atoms with E-state index in [2.05, 4.69) is 42.5 Å². The maximum absolute atomic E-state index is 11.7. The number of pyridine rings is 1. The van der Waals surface area contributed by atoms with Gasteiger partial charge < -0.3 is 17.2 Å². The van der Waals surface area contributed by atoms with Crippen LogP contribution in [0.1, 0.15) is 48.8 Å². The number of nitrogens with two attached hydrogens (primary N) is 3. The van der Waals surface area contributed by atoms with E-state index in [1.807, 2.05) is 30.3 Å². The van der Waals surface area contributed by atoms with Crippen LogP contribution in [0.4, 0.5) is 5.82 Å². The van der Waals surface area contributed by atoms with Gasteiger partial charge in [-0.2, -0.15) is 0 Å². The van der Waals surface area contributed by atoms with E-state index in [0.29, 0.717) is 18.3 Å². The minimum Gasteiger partial charge on any atom is -0.384 e. The highest BCUT2D eigenvalue weighted by atomic mass is 16.1. The molecule has 1 aliphatic carbocycles. The molecule has 1 aromatic heterocycles. The highest BCUT2D eigenvalue weighted by Crippen LogP contribution is 2.45. The summed E-state index contributed by atoms with van der Waals surface area (Å²) >= 11 is 0. The van der Waals surface area contributed by atoms with Crippen molar-refractivity contribution in [3.63, 3.8) is 0 Å². The number of rotatable bonds is 7. The Morgan fingerprint density at radius 1 is 0.906 bits per heavy atom. The van der Waals surface area contributed by atoms with Crippen molar-refractivity contribution in [2.45, 2.75) is 37.5 Å². The lowest BCUT2D eigenvalue weighted by molar-refractivity contribution is -0.123. The van der Waals surface area contributed by atoms with Crippen molar-refractivity contribution >= 4 is 11.7 Å². The van der Waals surface area contributed by atoms with Gasteiger partial charge in [0.05, 0.1) is 0 Å². The van der Waals surface area contributed by atoms with Gasteiger partial charge in [-0.3, -0.25) is 4.79 Å². The van der Waals surface area contributed by atoms with Gasteiger partial charge in [-0.15, -0.1) is 0 Å². The smallest absolute Gasteiger partial charge is 0.220 e. The summed E-state index contributed by atoms with van der Waals surface area (Å²) in [4.78, 5) is 16.5. The summed E-state index contributed by atoms with van der Waals surface area (Å²) in [5.74, 6) is 0.880. The number of amides is 1. The maximum Gasteiger partial charge on any atom is 0.220 e. The molecule has 1 amide bonds. The molecule has 32 heavy (non-hydrogen) atoms. The molecule has 5 nitrogen and oxygen atoms in total. The van der Waals surface area contributed by atoms with Crippen LogP contribution >= 0.6 is 0 Å². The van der Waals surface area contributed by atoms with Crippen LogP contribution in [0.15, 0.2) is 72.8 Å². The number of aromatic nitrogens is 1. The number of carbonyl (C=O) groups is 1. The minimum atomic E-state index is -0.188. The van der Waals surface area contributed by atoms with E-state index in [-0.39, 0.29) is 23.7 Å². The number of anilines is 1. The molecule has 5 heteroatoms. The van der Waals surface area contributed by atoms with Gasteiger partial charge in [0.2, 0.25) is 5.91 Å². The number of carbonyl (C=O) groups excluding carboxylic acids is 1. The Labute approximate surface area is 190 Å². The molecule has 2 unspecified atom stereocenters. The Morgan fingerprint density at radius 2 is 1.53 bits per heavy atom. The lowest BCUT2D eigenvalue weighted by Gasteiger charge is -2.37. The molecule has 1 aliphatic rings. The van der Waals surface area contributed by atoms with Crippen LogP contribution in [0.2, 0.25) is 0 Å². The first-order valence-electron chi connectivity index (χ1n) is 11.4. The quantitative estimate of drug-likeness (QED) is 0.517. The molecule has 2 aromatic carbocycles. The van der Waals surface area contributed by atoms with Crippen molar-refractivity contribution in [1.82, 2.24) is 4.98 Å². The summed E-state index contributed by atoms with van der Waals surface area (Å²) in [6.07, 6.45) is 3.49. The Bertz CT molecular complexity index is 1030. The van der Waals surface area contributed by atoms with Crippen molar-refractivity contribution in [3.8, 4) is 11.1 Å². The van der Waals surface area contributed by atoms with E-state index in [1.54, 1.807) is 0 Å². The second kappa shape index (κ2) is 9.96. The Morgan fingerprint density at radius 3 is 2.12 bits per heavy atom. The van der Waals surface area contributed by atoms with E-state index in [0.717, 1.165) is 42.5 Å². The second-order valence-corrected chi connectivity index (χ2v) is 8.86. The molecule has 4 rings (SSSR count). The highest BCUT2D eigenvalue weighted by Gasteiger charge is 2.36. The molecule has 0 radical (unpaired) electrons.